The molecule has 0 aliphatic heterocycles. The van der Waals surface area contributed by atoms with Gasteiger partial charge in [-0.2, -0.15) is 24.5 Å². The van der Waals surface area contributed by atoms with Crippen molar-refractivity contribution < 1.29 is 17.9 Å². The van der Waals surface area contributed by atoms with Crippen LogP contribution in [-0.2, 0) is 4.74 Å². The molecular weight excluding hydrogens is 239 g/mol. The average Bonchev–Trinajstić information content (AvgIpc) is 2.67. The number of alkyl halides is 3. The summed E-state index contributed by atoms with van der Waals surface area (Å²) in [6.45, 7) is 1.26. The number of nitrogens with one attached hydrogen (secondary N) is 1. The van der Waals surface area contributed by atoms with E-state index in [-0.39, 0.29) is 12.6 Å². The second-order valence-corrected chi connectivity index (χ2v) is 4.18. The van der Waals surface area contributed by atoms with Gasteiger partial charge >= 0.3 is 6.18 Å². The Labute approximate surface area is 96.4 Å². The van der Waals surface area contributed by atoms with Crippen LogP contribution in [0.5, 0.6) is 0 Å². The molecule has 6 heteroatoms. The number of halogens is 3. The predicted octanol–water partition coefficient (Wildman–Crippen LogP) is 2.98. The molecule has 1 heterocycles. The molecule has 1 N–H and O–H groups in total. The summed E-state index contributed by atoms with van der Waals surface area (Å²) < 4.78 is 39.6. The quantitative estimate of drug-likeness (QED) is 0.787. The Kier molecular flexibility index (Phi) is 5.24. The first kappa shape index (κ1) is 13.5. The van der Waals surface area contributed by atoms with Crippen LogP contribution < -0.4 is 5.32 Å². The van der Waals surface area contributed by atoms with Crippen LogP contribution in [0, 0.1) is 0 Å². The Balaban J connectivity index is 2.08. The summed E-state index contributed by atoms with van der Waals surface area (Å²) in [5.74, 6) is 0. The van der Waals surface area contributed by atoms with Crippen molar-refractivity contribution in [2.75, 3.05) is 19.8 Å². The van der Waals surface area contributed by atoms with Crippen LogP contribution in [0.4, 0.5) is 13.2 Å². The summed E-state index contributed by atoms with van der Waals surface area (Å²) in [5, 5.41) is 7.06. The molecule has 0 saturated carbocycles. The van der Waals surface area contributed by atoms with E-state index in [4.69, 9.17) is 0 Å². The monoisotopic (exact) mass is 253 g/mol. The van der Waals surface area contributed by atoms with Gasteiger partial charge in [0.15, 0.2) is 0 Å². The Morgan fingerprint density at radius 2 is 2.25 bits per heavy atom. The largest absolute Gasteiger partial charge is 0.411 e. The molecule has 1 atom stereocenters. The molecule has 0 spiro atoms. The minimum absolute atomic E-state index is 0.0635. The summed E-state index contributed by atoms with van der Waals surface area (Å²) in [5.41, 5.74) is 1.14. The zero-order chi connectivity index (χ0) is 12.0. The van der Waals surface area contributed by atoms with Gasteiger partial charge in [-0.05, 0) is 29.3 Å². The highest BCUT2D eigenvalue weighted by Gasteiger charge is 2.27. The maximum atomic E-state index is 11.7. The Bertz CT molecular complexity index is 287. The molecule has 16 heavy (non-hydrogen) atoms. The van der Waals surface area contributed by atoms with Crippen LogP contribution >= 0.6 is 11.3 Å². The molecule has 0 aliphatic carbocycles. The summed E-state index contributed by atoms with van der Waals surface area (Å²) in [6, 6.07) is 2.12. The van der Waals surface area contributed by atoms with Crippen LogP contribution in [0.25, 0.3) is 0 Å². The van der Waals surface area contributed by atoms with Gasteiger partial charge in [0.2, 0.25) is 0 Å². The molecule has 0 aliphatic rings. The first-order valence-corrected chi connectivity index (χ1v) is 5.83. The number of rotatable bonds is 6. The van der Waals surface area contributed by atoms with Crippen molar-refractivity contribution in [3.05, 3.63) is 22.4 Å². The fourth-order valence-corrected chi connectivity index (χ4v) is 1.93. The molecule has 0 aromatic carbocycles. The highest BCUT2D eigenvalue weighted by molar-refractivity contribution is 7.07. The van der Waals surface area contributed by atoms with Gasteiger partial charge in [-0.25, -0.2) is 0 Å². The number of hydrogen-bond donors (Lipinski definition) is 1. The molecule has 0 fully saturated rings. The molecule has 1 aromatic rings. The third-order valence-corrected chi connectivity index (χ3v) is 2.71. The molecule has 1 unspecified atom stereocenters. The lowest BCUT2D eigenvalue weighted by atomic mass is 10.2. The van der Waals surface area contributed by atoms with Crippen molar-refractivity contribution in [1.82, 2.24) is 5.32 Å². The van der Waals surface area contributed by atoms with Crippen molar-refractivity contribution >= 4 is 11.3 Å². The van der Waals surface area contributed by atoms with Crippen LogP contribution in [0.1, 0.15) is 18.5 Å². The Hall–Kier alpha value is -0.590. The van der Waals surface area contributed by atoms with E-state index in [0.29, 0.717) is 6.54 Å². The van der Waals surface area contributed by atoms with Gasteiger partial charge in [-0.15, -0.1) is 0 Å². The van der Waals surface area contributed by atoms with Gasteiger partial charge in [0.25, 0.3) is 0 Å². The zero-order valence-corrected chi connectivity index (χ0v) is 9.70. The lowest BCUT2D eigenvalue weighted by molar-refractivity contribution is -0.173. The van der Waals surface area contributed by atoms with Crippen molar-refractivity contribution in [3.63, 3.8) is 0 Å². The van der Waals surface area contributed by atoms with Gasteiger partial charge in [-0.3, -0.25) is 0 Å². The molecular formula is C10H14F3NOS. The molecule has 0 saturated heterocycles. The van der Waals surface area contributed by atoms with E-state index in [2.05, 4.69) is 10.1 Å². The van der Waals surface area contributed by atoms with Gasteiger partial charge < -0.3 is 10.1 Å². The van der Waals surface area contributed by atoms with Crippen LogP contribution in [0.3, 0.4) is 0 Å². The summed E-state index contributed by atoms with van der Waals surface area (Å²) in [4.78, 5) is 0. The number of hydrogen-bond acceptors (Lipinski definition) is 3. The first-order chi connectivity index (χ1) is 7.49. The molecule has 1 aromatic heterocycles. The second-order valence-electron chi connectivity index (χ2n) is 3.40. The molecule has 2 nitrogen and oxygen atoms in total. The fourth-order valence-electron chi connectivity index (χ4n) is 1.17. The highest BCUT2D eigenvalue weighted by atomic mass is 32.1. The topological polar surface area (TPSA) is 21.3 Å². The minimum Gasteiger partial charge on any atom is -0.371 e. The van der Waals surface area contributed by atoms with Crippen LogP contribution in [0.15, 0.2) is 16.8 Å². The number of thiophene rings is 1. The maximum absolute atomic E-state index is 11.7. The van der Waals surface area contributed by atoms with Crippen molar-refractivity contribution in [2.24, 2.45) is 0 Å². The van der Waals surface area contributed by atoms with Crippen molar-refractivity contribution in [1.29, 1.82) is 0 Å². The highest BCUT2D eigenvalue weighted by Crippen LogP contribution is 2.15. The fraction of sp³-hybridized carbons (Fsp3) is 0.600. The summed E-state index contributed by atoms with van der Waals surface area (Å²) in [6.07, 6.45) is -4.24. The van der Waals surface area contributed by atoms with Gasteiger partial charge in [-0.1, -0.05) is 0 Å². The average molecular weight is 253 g/mol. The molecule has 0 bridgehead atoms. The summed E-state index contributed by atoms with van der Waals surface area (Å²) in [7, 11) is 0. The third kappa shape index (κ3) is 5.48. The summed E-state index contributed by atoms with van der Waals surface area (Å²) >= 11 is 1.59. The number of ether oxygens (including phenoxy) is 1. The lowest BCUT2D eigenvalue weighted by Crippen LogP contribution is -2.25. The molecule has 0 radical (unpaired) electrons. The van der Waals surface area contributed by atoms with Crippen molar-refractivity contribution in [2.45, 2.75) is 19.1 Å². The van der Waals surface area contributed by atoms with Crippen molar-refractivity contribution in [3.8, 4) is 0 Å². The van der Waals surface area contributed by atoms with Crippen LogP contribution in [0.2, 0.25) is 0 Å². The zero-order valence-electron chi connectivity index (χ0n) is 8.88. The van der Waals surface area contributed by atoms with Gasteiger partial charge in [0, 0.05) is 12.6 Å². The van der Waals surface area contributed by atoms with Crippen LogP contribution in [-0.4, -0.2) is 25.9 Å². The molecule has 1 rings (SSSR count). The normalized spacial score (nSPS) is 14.0. The smallest absolute Gasteiger partial charge is 0.371 e. The van der Waals surface area contributed by atoms with E-state index in [0.717, 1.165) is 5.56 Å². The van der Waals surface area contributed by atoms with E-state index in [1.54, 1.807) is 11.3 Å². The maximum Gasteiger partial charge on any atom is 0.411 e. The Morgan fingerprint density at radius 1 is 1.50 bits per heavy atom. The van der Waals surface area contributed by atoms with E-state index in [1.165, 1.54) is 0 Å². The SMILES string of the molecule is CC(NCCOCC(F)(F)F)c1ccsc1. The predicted molar refractivity (Wildman–Crippen MR) is 57.6 cm³/mol. The Morgan fingerprint density at radius 3 is 2.81 bits per heavy atom. The van der Waals surface area contributed by atoms with E-state index in [9.17, 15) is 13.2 Å². The standard InChI is InChI=1S/C10H14F3NOS/c1-8(9-2-5-16-6-9)14-3-4-15-7-10(11,12)13/h2,5-6,8,14H,3-4,7H2,1H3. The van der Waals surface area contributed by atoms with E-state index >= 15 is 0 Å². The van der Waals surface area contributed by atoms with E-state index < -0.39 is 12.8 Å². The van der Waals surface area contributed by atoms with Gasteiger partial charge in [0.05, 0.1) is 6.61 Å². The minimum atomic E-state index is -4.24. The molecule has 0 amide bonds. The molecule has 92 valence electrons. The second kappa shape index (κ2) is 6.22. The third-order valence-electron chi connectivity index (χ3n) is 2.01. The lowest BCUT2D eigenvalue weighted by Gasteiger charge is -2.13. The van der Waals surface area contributed by atoms with E-state index in [1.807, 2.05) is 23.8 Å². The first-order valence-electron chi connectivity index (χ1n) is 4.89. The van der Waals surface area contributed by atoms with Gasteiger partial charge in [0.1, 0.15) is 6.61 Å².